The number of nitrogens with one attached hydrogen (secondary N) is 1. The van der Waals surface area contributed by atoms with Crippen LogP contribution in [0.15, 0.2) is 28.7 Å². The van der Waals surface area contributed by atoms with Gasteiger partial charge in [0.2, 0.25) is 0 Å². The predicted octanol–water partition coefficient (Wildman–Crippen LogP) is 3.33. The molecule has 0 aliphatic rings. The van der Waals surface area contributed by atoms with Crippen LogP contribution in [0.25, 0.3) is 11.0 Å². The van der Waals surface area contributed by atoms with Crippen LogP contribution in [0.4, 0.5) is 0 Å². The van der Waals surface area contributed by atoms with Gasteiger partial charge in [-0.25, -0.2) is 0 Å². The maximum Gasteiger partial charge on any atom is 0.134 e. The molecule has 0 atom stereocenters. The molecule has 0 radical (unpaired) electrons. The molecule has 0 unspecified atom stereocenters. The Kier molecular flexibility index (Phi) is 5.26. The summed E-state index contributed by atoms with van der Waals surface area (Å²) in [6.07, 6.45) is 2.05. The standard InChI is InChI=1S/C17H25NO3/c1-17(2,12-19)7-4-8-18-11-15-10-13-9-14(20-3)5-6-16(13)21-15/h5-6,9-10,18-19H,4,7-8,11-12H2,1-3H3. The minimum absolute atomic E-state index is 0.0115. The molecule has 0 amide bonds. The van der Waals surface area contributed by atoms with Gasteiger partial charge in [0.1, 0.15) is 17.1 Å². The number of aliphatic hydroxyl groups is 1. The van der Waals surface area contributed by atoms with Crippen LogP contribution < -0.4 is 10.1 Å². The Morgan fingerprint density at radius 3 is 2.81 bits per heavy atom. The Hall–Kier alpha value is -1.52. The molecule has 0 bridgehead atoms. The lowest BCUT2D eigenvalue weighted by atomic mass is 9.89. The number of hydrogen-bond acceptors (Lipinski definition) is 4. The van der Waals surface area contributed by atoms with Crippen molar-refractivity contribution in [3.05, 3.63) is 30.0 Å². The summed E-state index contributed by atoms with van der Waals surface area (Å²) in [5.41, 5.74) is 0.895. The van der Waals surface area contributed by atoms with Crippen molar-refractivity contribution in [1.29, 1.82) is 0 Å². The van der Waals surface area contributed by atoms with E-state index in [4.69, 9.17) is 9.15 Å². The van der Waals surface area contributed by atoms with Crippen molar-refractivity contribution in [1.82, 2.24) is 5.32 Å². The molecule has 2 N–H and O–H groups in total. The second-order valence-electron chi connectivity index (χ2n) is 6.22. The lowest BCUT2D eigenvalue weighted by Crippen LogP contribution is -2.20. The van der Waals surface area contributed by atoms with Gasteiger partial charge in [-0.05, 0) is 49.1 Å². The fourth-order valence-corrected chi connectivity index (χ4v) is 2.27. The molecule has 116 valence electrons. The molecule has 1 heterocycles. The van der Waals surface area contributed by atoms with Crippen molar-refractivity contribution < 1.29 is 14.3 Å². The molecule has 1 aromatic heterocycles. The van der Waals surface area contributed by atoms with E-state index in [-0.39, 0.29) is 12.0 Å². The van der Waals surface area contributed by atoms with Crippen molar-refractivity contribution in [3.63, 3.8) is 0 Å². The quantitative estimate of drug-likeness (QED) is 0.733. The third kappa shape index (κ3) is 4.48. The van der Waals surface area contributed by atoms with Crippen LogP contribution in [0.2, 0.25) is 0 Å². The highest BCUT2D eigenvalue weighted by Crippen LogP contribution is 2.24. The third-order valence-corrected chi connectivity index (χ3v) is 3.71. The molecule has 2 aromatic rings. The fourth-order valence-electron chi connectivity index (χ4n) is 2.27. The smallest absolute Gasteiger partial charge is 0.134 e. The van der Waals surface area contributed by atoms with E-state index in [0.29, 0.717) is 0 Å². The molecular formula is C17H25NO3. The van der Waals surface area contributed by atoms with Gasteiger partial charge in [0.15, 0.2) is 0 Å². The first kappa shape index (κ1) is 15.9. The zero-order valence-corrected chi connectivity index (χ0v) is 13.1. The van der Waals surface area contributed by atoms with Crippen molar-refractivity contribution in [2.45, 2.75) is 33.2 Å². The fraction of sp³-hybridized carbons (Fsp3) is 0.529. The van der Waals surface area contributed by atoms with Gasteiger partial charge < -0.3 is 19.6 Å². The molecule has 4 nitrogen and oxygen atoms in total. The summed E-state index contributed by atoms with van der Waals surface area (Å²) in [5, 5.41) is 13.7. The van der Waals surface area contributed by atoms with Crippen molar-refractivity contribution in [2.24, 2.45) is 5.41 Å². The average Bonchev–Trinajstić information content (AvgIpc) is 2.88. The highest BCUT2D eigenvalue weighted by Gasteiger charge is 2.15. The number of fused-ring (bicyclic) bond motifs is 1. The summed E-state index contributed by atoms with van der Waals surface area (Å²) in [6.45, 7) is 6.04. The van der Waals surface area contributed by atoms with Gasteiger partial charge in [-0.3, -0.25) is 0 Å². The Morgan fingerprint density at radius 1 is 1.29 bits per heavy atom. The minimum Gasteiger partial charge on any atom is -0.497 e. The van der Waals surface area contributed by atoms with E-state index in [1.807, 2.05) is 24.3 Å². The average molecular weight is 291 g/mol. The largest absolute Gasteiger partial charge is 0.497 e. The molecule has 0 aliphatic carbocycles. The lowest BCUT2D eigenvalue weighted by molar-refractivity contribution is 0.148. The molecule has 0 fully saturated rings. The molecule has 0 spiro atoms. The van der Waals surface area contributed by atoms with Crippen LogP contribution in [0.1, 0.15) is 32.4 Å². The topological polar surface area (TPSA) is 54.6 Å². The first-order valence-electron chi connectivity index (χ1n) is 7.42. The maximum absolute atomic E-state index is 9.21. The number of hydrogen-bond donors (Lipinski definition) is 2. The molecule has 1 aromatic carbocycles. The van der Waals surface area contributed by atoms with E-state index < -0.39 is 0 Å². The van der Waals surface area contributed by atoms with E-state index in [9.17, 15) is 5.11 Å². The van der Waals surface area contributed by atoms with E-state index in [2.05, 4.69) is 19.2 Å². The molecular weight excluding hydrogens is 266 g/mol. The molecule has 0 saturated heterocycles. The van der Waals surface area contributed by atoms with E-state index in [0.717, 1.165) is 48.4 Å². The van der Waals surface area contributed by atoms with Gasteiger partial charge in [-0.2, -0.15) is 0 Å². The van der Waals surface area contributed by atoms with Gasteiger partial charge in [0, 0.05) is 12.0 Å². The monoisotopic (exact) mass is 291 g/mol. The lowest BCUT2D eigenvalue weighted by Gasteiger charge is -2.21. The van der Waals surface area contributed by atoms with Gasteiger partial charge in [0.05, 0.1) is 13.7 Å². The molecule has 2 rings (SSSR count). The zero-order valence-electron chi connectivity index (χ0n) is 13.1. The number of furan rings is 1. The van der Waals surface area contributed by atoms with E-state index in [1.54, 1.807) is 7.11 Å². The van der Waals surface area contributed by atoms with Crippen LogP contribution in [-0.2, 0) is 6.54 Å². The first-order valence-corrected chi connectivity index (χ1v) is 7.42. The Bertz CT molecular complexity index is 574. The summed E-state index contributed by atoms with van der Waals surface area (Å²) in [4.78, 5) is 0. The van der Waals surface area contributed by atoms with E-state index >= 15 is 0 Å². The Morgan fingerprint density at radius 2 is 2.10 bits per heavy atom. The summed E-state index contributed by atoms with van der Waals surface area (Å²) < 4.78 is 11.0. The molecule has 0 saturated carbocycles. The molecule has 0 aliphatic heterocycles. The number of ether oxygens (including phenoxy) is 1. The maximum atomic E-state index is 9.21. The van der Waals surface area contributed by atoms with Crippen LogP contribution >= 0.6 is 0 Å². The van der Waals surface area contributed by atoms with Crippen molar-refractivity contribution in [3.8, 4) is 5.75 Å². The Balaban J connectivity index is 1.81. The second-order valence-corrected chi connectivity index (χ2v) is 6.22. The van der Waals surface area contributed by atoms with Gasteiger partial charge in [0.25, 0.3) is 0 Å². The summed E-state index contributed by atoms with van der Waals surface area (Å²) in [5.74, 6) is 1.77. The SMILES string of the molecule is COc1ccc2oc(CNCCCC(C)(C)CO)cc2c1. The van der Waals surface area contributed by atoms with Gasteiger partial charge in [-0.15, -0.1) is 0 Å². The highest BCUT2D eigenvalue weighted by atomic mass is 16.5. The predicted molar refractivity (Wildman–Crippen MR) is 84.6 cm³/mol. The van der Waals surface area contributed by atoms with Crippen LogP contribution in [0.5, 0.6) is 5.75 Å². The van der Waals surface area contributed by atoms with Crippen LogP contribution in [-0.4, -0.2) is 25.4 Å². The third-order valence-electron chi connectivity index (χ3n) is 3.71. The van der Waals surface area contributed by atoms with E-state index in [1.165, 1.54) is 0 Å². The van der Waals surface area contributed by atoms with Gasteiger partial charge in [-0.1, -0.05) is 13.8 Å². The number of benzene rings is 1. The summed E-state index contributed by atoms with van der Waals surface area (Å²) in [6, 6.07) is 7.86. The second kappa shape index (κ2) is 6.96. The summed E-state index contributed by atoms with van der Waals surface area (Å²) in [7, 11) is 1.66. The van der Waals surface area contributed by atoms with Crippen molar-refractivity contribution in [2.75, 3.05) is 20.3 Å². The summed E-state index contributed by atoms with van der Waals surface area (Å²) >= 11 is 0. The first-order chi connectivity index (χ1) is 10.0. The minimum atomic E-state index is 0.0115. The van der Waals surface area contributed by atoms with Crippen molar-refractivity contribution >= 4 is 11.0 Å². The highest BCUT2D eigenvalue weighted by molar-refractivity contribution is 5.79. The molecule has 4 heteroatoms. The van der Waals surface area contributed by atoms with Crippen LogP contribution in [0.3, 0.4) is 0 Å². The number of aliphatic hydroxyl groups excluding tert-OH is 1. The number of rotatable bonds is 8. The normalized spacial score (nSPS) is 12.0. The zero-order chi connectivity index (χ0) is 15.3. The number of methoxy groups -OCH3 is 1. The Labute approximate surface area is 126 Å². The molecule has 21 heavy (non-hydrogen) atoms. The van der Waals surface area contributed by atoms with Gasteiger partial charge >= 0.3 is 0 Å². The van der Waals surface area contributed by atoms with Crippen LogP contribution in [0, 0.1) is 5.41 Å².